The zero-order valence-corrected chi connectivity index (χ0v) is 19.6. The van der Waals surface area contributed by atoms with Gasteiger partial charge in [0.05, 0.1) is 18.8 Å². The quantitative estimate of drug-likeness (QED) is 0.751. The first-order chi connectivity index (χ1) is 14.8. The van der Waals surface area contributed by atoms with Crippen molar-refractivity contribution in [3.8, 4) is 0 Å². The molecule has 0 bridgehead atoms. The predicted octanol–water partition coefficient (Wildman–Crippen LogP) is 4.49. The predicted molar refractivity (Wildman–Crippen MR) is 119 cm³/mol. The second-order valence-corrected chi connectivity index (χ2v) is 11.9. The molecule has 31 heavy (non-hydrogen) atoms. The van der Waals surface area contributed by atoms with Gasteiger partial charge in [-0.25, -0.2) is 0 Å². The van der Waals surface area contributed by atoms with Crippen molar-refractivity contribution in [2.45, 2.75) is 83.8 Å². The van der Waals surface area contributed by atoms with E-state index in [-0.39, 0.29) is 16.7 Å². The van der Waals surface area contributed by atoms with Crippen LogP contribution in [0.5, 0.6) is 0 Å². The van der Waals surface area contributed by atoms with E-state index in [1.807, 2.05) is 26.3 Å². The number of carbonyl (C=O) groups excluding carboxylic acids is 1. The van der Waals surface area contributed by atoms with Crippen LogP contribution >= 0.6 is 0 Å². The first kappa shape index (κ1) is 21.6. The third-order valence-corrected chi connectivity index (χ3v) is 10.3. The Kier molecular flexibility index (Phi) is 5.37. The van der Waals surface area contributed by atoms with Gasteiger partial charge in [0, 0.05) is 25.4 Å². The van der Waals surface area contributed by atoms with Crippen molar-refractivity contribution in [3.05, 3.63) is 18.5 Å². The second kappa shape index (κ2) is 7.69. The smallest absolute Gasteiger partial charge is 0.157 e. The maximum absolute atomic E-state index is 13.3. The van der Waals surface area contributed by atoms with Crippen LogP contribution < -0.4 is 0 Å². The summed E-state index contributed by atoms with van der Waals surface area (Å²) in [6, 6.07) is 1.90. The van der Waals surface area contributed by atoms with E-state index >= 15 is 0 Å². The molecule has 0 amide bonds. The van der Waals surface area contributed by atoms with E-state index in [1.165, 1.54) is 25.7 Å². The molecule has 4 aliphatic carbocycles. The normalized spacial score (nSPS) is 46.8. The molecule has 0 unspecified atom stereocenters. The minimum Gasteiger partial charge on any atom is -0.390 e. The minimum atomic E-state index is -0.519. The van der Waals surface area contributed by atoms with Gasteiger partial charge < -0.3 is 9.84 Å². The van der Waals surface area contributed by atoms with Crippen LogP contribution in [0.3, 0.4) is 0 Å². The number of ketones is 1. The highest BCUT2D eigenvalue weighted by molar-refractivity contribution is 5.82. The monoisotopic (exact) mass is 428 g/mol. The average molecular weight is 429 g/mol. The highest BCUT2D eigenvalue weighted by atomic mass is 16.5. The number of hydrogen-bond acceptors (Lipinski definition) is 4. The molecule has 1 aromatic rings. The zero-order valence-electron chi connectivity index (χ0n) is 19.6. The van der Waals surface area contributed by atoms with Gasteiger partial charge in [0.25, 0.3) is 0 Å². The molecule has 4 saturated carbocycles. The van der Waals surface area contributed by atoms with E-state index < -0.39 is 5.60 Å². The summed E-state index contributed by atoms with van der Waals surface area (Å²) in [7, 11) is 1.86. The summed E-state index contributed by atoms with van der Waals surface area (Å²) in [4.78, 5) is 13.3. The molecule has 5 heteroatoms. The van der Waals surface area contributed by atoms with Gasteiger partial charge in [-0.3, -0.25) is 9.48 Å². The summed E-state index contributed by atoms with van der Waals surface area (Å²) in [6.45, 7) is 5.70. The third-order valence-electron chi connectivity index (χ3n) is 10.3. The Balaban J connectivity index is 1.38. The van der Waals surface area contributed by atoms with Crippen molar-refractivity contribution < 1.29 is 14.6 Å². The number of ether oxygens (including phenoxy) is 1. The van der Waals surface area contributed by atoms with Gasteiger partial charge in [0.1, 0.15) is 0 Å². The van der Waals surface area contributed by atoms with Crippen LogP contribution in [0.2, 0.25) is 0 Å². The highest BCUT2D eigenvalue weighted by Crippen LogP contribution is 2.68. The molecular weight excluding hydrogens is 388 g/mol. The number of fused-ring (bicyclic) bond motifs is 5. The van der Waals surface area contributed by atoms with Crippen molar-refractivity contribution in [3.63, 3.8) is 0 Å². The Hall–Kier alpha value is -1.20. The number of carbonyl (C=O) groups is 1. The number of Topliss-reactive ketones (excluding diaryl/α,β-unsaturated/α-hetero) is 1. The maximum Gasteiger partial charge on any atom is 0.157 e. The van der Waals surface area contributed by atoms with Gasteiger partial charge in [0.2, 0.25) is 0 Å². The van der Waals surface area contributed by atoms with Crippen molar-refractivity contribution in [2.24, 2.45) is 40.4 Å². The molecule has 0 aliphatic heterocycles. The topological polar surface area (TPSA) is 64.3 Å². The van der Waals surface area contributed by atoms with E-state index in [0.717, 1.165) is 38.7 Å². The first-order valence-electron chi connectivity index (χ1n) is 12.5. The number of rotatable bonds is 5. The largest absolute Gasteiger partial charge is 0.390 e. The van der Waals surface area contributed by atoms with E-state index in [2.05, 4.69) is 12.0 Å². The fourth-order valence-electron chi connectivity index (χ4n) is 8.98. The molecular formula is C26H40N2O3. The van der Waals surface area contributed by atoms with E-state index in [1.54, 1.807) is 10.9 Å². The lowest BCUT2D eigenvalue weighted by Gasteiger charge is -2.62. The highest BCUT2D eigenvalue weighted by Gasteiger charge is 2.63. The molecule has 1 N–H and O–H groups in total. The molecule has 0 aromatic carbocycles. The number of aromatic nitrogens is 2. The molecule has 0 spiro atoms. The van der Waals surface area contributed by atoms with Crippen LogP contribution in [0, 0.1) is 40.4 Å². The van der Waals surface area contributed by atoms with Gasteiger partial charge in [0.15, 0.2) is 5.78 Å². The Morgan fingerprint density at radius 2 is 1.97 bits per heavy atom. The van der Waals surface area contributed by atoms with Crippen LogP contribution in [0.25, 0.3) is 0 Å². The van der Waals surface area contributed by atoms with Gasteiger partial charge in [-0.1, -0.05) is 6.92 Å². The minimum absolute atomic E-state index is 0.132. The first-order valence-corrected chi connectivity index (χ1v) is 12.5. The van der Waals surface area contributed by atoms with E-state index in [9.17, 15) is 9.90 Å². The molecule has 5 nitrogen and oxygen atoms in total. The lowest BCUT2D eigenvalue weighted by atomic mass is 9.43. The Labute approximate surface area is 186 Å². The van der Waals surface area contributed by atoms with Crippen molar-refractivity contribution in [1.29, 1.82) is 0 Å². The Morgan fingerprint density at radius 1 is 1.13 bits per heavy atom. The number of aliphatic hydroxyl groups is 1. The van der Waals surface area contributed by atoms with E-state index in [0.29, 0.717) is 36.0 Å². The third kappa shape index (κ3) is 3.42. The molecule has 4 fully saturated rings. The summed E-state index contributed by atoms with van der Waals surface area (Å²) in [5.41, 5.74) is -0.166. The van der Waals surface area contributed by atoms with Gasteiger partial charge in [-0.2, -0.15) is 5.10 Å². The molecule has 4 aliphatic rings. The van der Waals surface area contributed by atoms with Crippen molar-refractivity contribution >= 4 is 5.78 Å². The SMILES string of the molecule is COC[C@]12CC[C@@](C)(O)C[C@@H]1CC[C@H]1[C@@H]3CC[C@H](C(=O)Cn4cccn4)[C@@]3(C)CC[C@@H]12. The van der Waals surface area contributed by atoms with Crippen LogP contribution in [-0.4, -0.2) is 40.0 Å². The fourth-order valence-corrected chi connectivity index (χ4v) is 8.98. The number of hydrogen-bond donors (Lipinski definition) is 1. The average Bonchev–Trinajstić information content (AvgIpc) is 3.35. The molecule has 1 heterocycles. The molecule has 0 saturated heterocycles. The van der Waals surface area contributed by atoms with Gasteiger partial charge in [-0.15, -0.1) is 0 Å². The summed E-state index contributed by atoms with van der Waals surface area (Å²) in [5.74, 6) is 3.15. The summed E-state index contributed by atoms with van der Waals surface area (Å²) < 4.78 is 7.66. The molecule has 8 atom stereocenters. The van der Waals surface area contributed by atoms with Crippen LogP contribution in [0.4, 0.5) is 0 Å². The number of methoxy groups -OCH3 is 1. The van der Waals surface area contributed by atoms with Gasteiger partial charge in [-0.05, 0) is 105 Å². The van der Waals surface area contributed by atoms with Crippen LogP contribution in [0.15, 0.2) is 18.5 Å². The summed E-state index contributed by atoms with van der Waals surface area (Å²) in [5, 5.41) is 15.1. The maximum atomic E-state index is 13.3. The molecule has 1 aromatic heterocycles. The van der Waals surface area contributed by atoms with Crippen molar-refractivity contribution in [1.82, 2.24) is 9.78 Å². The second-order valence-electron chi connectivity index (χ2n) is 11.9. The van der Waals surface area contributed by atoms with Gasteiger partial charge >= 0.3 is 0 Å². The summed E-state index contributed by atoms with van der Waals surface area (Å²) >= 11 is 0. The molecule has 0 radical (unpaired) electrons. The Bertz CT molecular complexity index is 806. The molecule has 172 valence electrons. The zero-order chi connectivity index (χ0) is 21.9. The Morgan fingerprint density at radius 3 is 2.71 bits per heavy atom. The lowest BCUT2D eigenvalue weighted by Crippen LogP contribution is -2.58. The van der Waals surface area contributed by atoms with E-state index in [4.69, 9.17) is 4.74 Å². The van der Waals surface area contributed by atoms with Crippen LogP contribution in [0.1, 0.15) is 71.6 Å². The molecule has 5 rings (SSSR count). The number of nitrogens with zero attached hydrogens (tertiary/aromatic N) is 2. The summed E-state index contributed by atoms with van der Waals surface area (Å²) in [6.07, 6.45) is 13.6. The lowest BCUT2D eigenvalue weighted by molar-refractivity contribution is -0.175. The van der Waals surface area contributed by atoms with Crippen LogP contribution in [-0.2, 0) is 16.1 Å². The van der Waals surface area contributed by atoms with Crippen molar-refractivity contribution in [2.75, 3.05) is 13.7 Å². The fraction of sp³-hybridized carbons (Fsp3) is 0.846. The standard InChI is InChI=1S/C26H40N2O3/c1-24(30)11-12-26(17-31-3)18(15-24)5-6-19-20-7-8-22(25(20,2)10-9-21(19)26)23(29)16-28-14-4-13-27-28/h4,13-14,18-22,30H,5-12,15-17H2,1-3H3/t18-,19-,20-,21-,22+,24+,25-,26+/m0/s1.